The van der Waals surface area contributed by atoms with Crippen LogP contribution in [0.2, 0.25) is 0 Å². The molecule has 2 aliphatic heterocycles. The van der Waals surface area contributed by atoms with Crippen LogP contribution in [0.4, 0.5) is 0 Å². The summed E-state index contributed by atoms with van der Waals surface area (Å²) in [6.07, 6.45) is 10.9. The molecule has 0 bridgehead atoms. The van der Waals surface area contributed by atoms with Gasteiger partial charge in [0.1, 0.15) is 0 Å². The molecular formula is C13H22N2. The summed E-state index contributed by atoms with van der Waals surface area (Å²) in [6, 6.07) is 0.553. The predicted octanol–water partition coefficient (Wildman–Crippen LogP) is 1.90. The van der Waals surface area contributed by atoms with E-state index in [1.165, 1.54) is 38.9 Å². The first-order chi connectivity index (χ1) is 7.25. The molecule has 2 heterocycles. The van der Waals surface area contributed by atoms with Gasteiger partial charge in [0.15, 0.2) is 0 Å². The van der Waals surface area contributed by atoms with Crippen LogP contribution in [0.25, 0.3) is 0 Å². The Balaban J connectivity index is 1.96. The van der Waals surface area contributed by atoms with Gasteiger partial charge in [0, 0.05) is 25.7 Å². The van der Waals surface area contributed by atoms with Gasteiger partial charge in [-0.2, -0.15) is 0 Å². The smallest absolute Gasteiger partial charge is 0.0461 e. The van der Waals surface area contributed by atoms with Crippen LogP contribution < -0.4 is 0 Å². The van der Waals surface area contributed by atoms with Gasteiger partial charge >= 0.3 is 0 Å². The van der Waals surface area contributed by atoms with Crippen LogP contribution in [0.1, 0.15) is 19.3 Å². The normalized spacial score (nSPS) is 29.5. The number of likely N-dealkylation sites (N-methyl/N-ethyl adjacent to an activating group) is 1. The summed E-state index contributed by atoms with van der Waals surface area (Å²) in [5.41, 5.74) is 1.65. The molecule has 0 radical (unpaired) electrons. The molecule has 0 aromatic rings. The average molecular weight is 206 g/mol. The fourth-order valence-corrected chi connectivity index (χ4v) is 2.31. The van der Waals surface area contributed by atoms with E-state index in [0.717, 1.165) is 0 Å². The van der Waals surface area contributed by atoms with E-state index in [1.54, 1.807) is 5.57 Å². The van der Waals surface area contributed by atoms with Gasteiger partial charge in [0.25, 0.3) is 0 Å². The zero-order chi connectivity index (χ0) is 10.7. The Morgan fingerprint density at radius 1 is 1.20 bits per heavy atom. The van der Waals surface area contributed by atoms with Crippen molar-refractivity contribution in [3.63, 3.8) is 0 Å². The predicted molar refractivity (Wildman–Crippen MR) is 65.0 cm³/mol. The van der Waals surface area contributed by atoms with Crippen molar-refractivity contribution in [3.8, 4) is 0 Å². The lowest BCUT2D eigenvalue weighted by Gasteiger charge is -2.29. The van der Waals surface area contributed by atoms with Gasteiger partial charge in [-0.05, 0) is 33.4 Å². The number of hydrogen-bond donors (Lipinski definition) is 0. The largest absolute Gasteiger partial charge is 0.306 e. The van der Waals surface area contributed by atoms with Crippen molar-refractivity contribution in [1.29, 1.82) is 0 Å². The van der Waals surface area contributed by atoms with Crippen molar-refractivity contribution in [3.05, 3.63) is 23.8 Å². The molecule has 0 N–H and O–H groups in total. The molecular weight excluding hydrogens is 184 g/mol. The van der Waals surface area contributed by atoms with Crippen molar-refractivity contribution >= 4 is 0 Å². The molecule has 0 aromatic heterocycles. The minimum absolute atomic E-state index is 0.553. The summed E-state index contributed by atoms with van der Waals surface area (Å²) in [4.78, 5) is 4.85. The monoisotopic (exact) mass is 206 g/mol. The highest BCUT2D eigenvalue weighted by atomic mass is 15.1. The van der Waals surface area contributed by atoms with E-state index in [0.29, 0.717) is 6.04 Å². The minimum Gasteiger partial charge on any atom is -0.306 e. The minimum atomic E-state index is 0.553. The van der Waals surface area contributed by atoms with Gasteiger partial charge < -0.3 is 4.90 Å². The summed E-state index contributed by atoms with van der Waals surface area (Å²) >= 11 is 0. The van der Waals surface area contributed by atoms with Crippen molar-refractivity contribution in [1.82, 2.24) is 9.80 Å². The van der Waals surface area contributed by atoms with Gasteiger partial charge in [0.05, 0.1) is 0 Å². The molecule has 1 saturated heterocycles. The van der Waals surface area contributed by atoms with Crippen LogP contribution in [0, 0.1) is 0 Å². The Morgan fingerprint density at radius 3 is 2.60 bits per heavy atom. The van der Waals surface area contributed by atoms with Crippen LogP contribution >= 0.6 is 0 Å². The first-order valence-corrected chi connectivity index (χ1v) is 6.01. The molecule has 2 heteroatoms. The van der Waals surface area contributed by atoms with Gasteiger partial charge in [-0.1, -0.05) is 23.8 Å². The van der Waals surface area contributed by atoms with Crippen LogP contribution in [-0.2, 0) is 0 Å². The first-order valence-electron chi connectivity index (χ1n) is 6.01. The van der Waals surface area contributed by atoms with Crippen LogP contribution in [0.3, 0.4) is 0 Å². The highest BCUT2D eigenvalue weighted by Gasteiger charge is 2.15. The van der Waals surface area contributed by atoms with Crippen LogP contribution in [0.5, 0.6) is 0 Å². The zero-order valence-corrected chi connectivity index (χ0v) is 9.95. The highest BCUT2D eigenvalue weighted by Crippen LogP contribution is 2.18. The Bertz CT molecular complexity index is 258. The van der Waals surface area contributed by atoms with E-state index in [1.807, 2.05) is 0 Å². The SMILES string of the molecule is CN1CCC(=CC2C=CCCN2C)CC1. The van der Waals surface area contributed by atoms with E-state index in [4.69, 9.17) is 0 Å². The zero-order valence-electron chi connectivity index (χ0n) is 9.95. The Morgan fingerprint density at radius 2 is 1.93 bits per heavy atom. The van der Waals surface area contributed by atoms with Gasteiger partial charge in [-0.3, -0.25) is 4.90 Å². The lowest BCUT2D eigenvalue weighted by Crippen LogP contribution is -2.33. The third kappa shape index (κ3) is 2.93. The molecule has 1 atom stereocenters. The number of likely N-dealkylation sites (tertiary alicyclic amines) is 1. The van der Waals surface area contributed by atoms with Gasteiger partial charge in [-0.15, -0.1) is 0 Å². The van der Waals surface area contributed by atoms with E-state index in [2.05, 4.69) is 42.1 Å². The molecule has 0 spiro atoms. The summed E-state index contributed by atoms with van der Waals surface area (Å²) in [5, 5.41) is 0. The fraction of sp³-hybridized carbons (Fsp3) is 0.692. The summed E-state index contributed by atoms with van der Waals surface area (Å²) in [7, 11) is 4.43. The second-order valence-corrected chi connectivity index (χ2v) is 4.82. The molecule has 2 rings (SSSR count). The van der Waals surface area contributed by atoms with Crippen molar-refractivity contribution in [2.75, 3.05) is 33.7 Å². The average Bonchev–Trinajstić information content (AvgIpc) is 2.25. The second-order valence-electron chi connectivity index (χ2n) is 4.82. The molecule has 0 aliphatic carbocycles. The van der Waals surface area contributed by atoms with Crippen LogP contribution in [-0.4, -0.2) is 49.6 Å². The maximum absolute atomic E-state index is 2.47. The van der Waals surface area contributed by atoms with Gasteiger partial charge in [-0.25, -0.2) is 0 Å². The third-order valence-corrected chi connectivity index (χ3v) is 3.53. The summed E-state index contributed by atoms with van der Waals surface area (Å²) < 4.78 is 0. The standard InChI is InChI=1S/C13H22N2/c1-14-9-6-12(7-10-14)11-13-5-3-4-8-15(13)2/h3,5,11,13H,4,6-10H2,1-2H3. The Kier molecular flexibility index (Phi) is 3.60. The van der Waals surface area contributed by atoms with Crippen molar-refractivity contribution in [2.45, 2.75) is 25.3 Å². The number of piperidine rings is 1. The molecule has 1 unspecified atom stereocenters. The van der Waals surface area contributed by atoms with E-state index in [9.17, 15) is 0 Å². The second kappa shape index (κ2) is 4.95. The lowest BCUT2D eigenvalue weighted by atomic mass is 10.00. The molecule has 0 amide bonds. The maximum atomic E-state index is 2.47. The molecule has 84 valence electrons. The Hall–Kier alpha value is -0.600. The van der Waals surface area contributed by atoms with Crippen molar-refractivity contribution in [2.24, 2.45) is 0 Å². The Labute approximate surface area is 93.2 Å². The van der Waals surface area contributed by atoms with E-state index in [-0.39, 0.29) is 0 Å². The lowest BCUT2D eigenvalue weighted by molar-refractivity contribution is 0.297. The highest BCUT2D eigenvalue weighted by molar-refractivity contribution is 5.16. The quantitative estimate of drug-likeness (QED) is 0.605. The molecule has 1 fully saturated rings. The summed E-state index contributed by atoms with van der Waals surface area (Å²) in [6.45, 7) is 3.66. The number of hydrogen-bond acceptors (Lipinski definition) is 2. The molecule has 2 nitrogen and oxygen atoms in total. The van der Waals surface area contributed by atoms with Gasteiger partial charge in [0.2, 0.25) is 0 Å². The third-order valence-electron chi connectivity index (χ3n) is 3.53. The molecule has 2 aliphatic rings. The first kappa shape index (κ1) is 10.9. The number of nitrogens with zero attached hydrogens (tertiary/aromatic N) is 2. The van der Waals surface area contributed by atoms with E-state index < -0.39 is 0 Å². The van der Waals surface area contributed by atoms with Crippen LogP contribution in [0.15, 0.2) is 23.8 Å². The molecule has 15 heavy (non-hydrogen) atoms. The molecule has 0 saturated carbocycles. The van der Waals surface area contributed by atoms with E-state index >= 15 is 0 Å². The number of rotatable bonds is 1. The topological polar surface area (TPSA) is 6.48 Å². The summed E-state index contributed by atoms with van der Waals surface area (Å²) in [5.74, 6) is 0. The maximum Gasteiger partial charge on any atom is 0.0461 e. The van der Waals surface area contributed by atoms with Crippen molar-refractivity contribution < 1.29 is 0 Å². The molecule has 0 aromatic carbocycles. The fourth-order valence-electron chi connectivity index (χ4n) is 2.31.